The number of nitrogens with zero attached hydrogens (tertiary/aromatic N) is 1. The molecule has 2 atom stereocenters. The van der Waals surface area contributed by atoms with E-state index in [-0.39, 0.29) is 30.0 Å². The highest BCUT2D eigenvalue weighted by Gasteiger charge is 2.30. The van der Waals surface area contributed by atoms with Gasteiger partial charge in [0, 0.05) is 24.7 Å². The Balaban J connectivity index is 2.02. The van der Waals surface area contributed by atoms with E-state index in [0.29, 0.717) is 18.7 Å². The van der Waals surface area contributed by atoms with Crippen molar-refractivity contribution in [1.82, 2.24) is 5.32 Å². The van der Waals surface area contributed by atoms with Crippen LogP contribution in [0.15, 0.2) is 24.3 Å². The maximum absolute atomic E-state index is 12.5. The smallest absolute Gasteiger partial charge is 0.387 e. The van der Waals surface area contributed by atoms with E-state index < -0.39 is 12.7 Å². The van der Waals surface area contributed by atoms with Crippen molar-refractivity contribution in [2.75, 3.05) is 11.4 Å². The number of rotatable bonds is 6. The first kappa shape index (κ1) is 18.1. The monoisotopic (exact) mass is 341 g/mol. The van der Waals surface area contributed by atoms with Crippen molar-refractivity contribution in [2.24, 2.45) is 5.73 Å². The van der Waals surface area contributed by atoms with Gasteiger partial charge in [0.1, 0.15) is 11.8 Å². The Kier molecular flexibility index (Phi) is 6.08. The van der Waals surface area contributed by atoms with Gasteiger partial charge in [-0.15, -0.1) is 0 Å². The molecule has 2 rings (SSSR count). The topological polar surface area (TPSA) is 84.7 Å². The number of nitrogens with one attached hydrogen (secondary N) is 1. The van der Waals surface area contributed by atoms with Crippen LogP contribution in [0.2, 0.25) is 0 Å². The van der Waals surface area contributed by atoms with Gasteiger partial charge >= 0.3 is 6.61 Å². The minimum atomic E-state index is -2.89. The summed E-state index contributed by atoms with van der Waals surface area (Å²) in [6.07, 6.45) is 1.44. The van der Waals surface area contributed by atoms with Gasteiger partial charge in [0.25, 0.3) is 0 Å². The van der Waals surface area contributed by atoms with Crippen molar-refractivity contribution in [3.8, 4) is 5.75 Å². The van der Waals surface area contributed by atoms with Gasteiger partial charge in [-0.25, -0.2) is 0 Å². The van der Waals surface area contributed by atoms with E-state index in [1.807, 2.05) is 0 Å². The lowest BCUT2D eigenvalue weighted by atomic mass is 10.0. The highest BCUT2D eigenvalue weighted by molar-refractivity contribution is 5.99. The molecule has 1 aliphatic rings. The molecule has 132 valence electrons. The molecule has 0 aromatic heterocycles. The van der Waals surface area contributed by atoms with Crippen LogP contribution < -0.4 is 20.7 Å². The number of carbonyl (C=O) groups is 2. The van der Waals surface area contributed by atoms with Gasteiger partial charge in [-0.05, 0) is 44.0 Å². The van der Waals surface area contributed by atoms with Crippen molar-refractivity contribution in [2.45, 2.75) is 44.9 Å². The summed E-state index contributed by atoms with van der Waals surface area (Å²) in [7, 11) is 0. The average Bonchev–Trinajstić information content (AvgIpc) is 2.49. The minimum Gasteiger partial charge on any atom is -0.435 e. The molecule has 3 N–H and O–H groups in total. The van der Waals surface area contributed by atoms with Crippen molar-refractivity contribution < 1.29 is 23.1 Å². The summed E-state index contributed by atoms with van der Waals surface area (Å²) in [6, 6.07) is 4.98. The first-order valence-corrected chi connectivity index (χ1v) is 7.78. The van der Waals surface area contributed by atoms with Gasteiger partial charge in [-0.2, -0.15) is 8.78 Å². The predicted molar refractivity (Wildman–Crippen MR) is 84.9 cm³/mol. The zero-order valence-electron chi connectivity index (χ0n) is 13.4. The average molecular weight is 341 g/mol. The number of carbonyl (C=O) groups excluding carboxylic acids is 2. The van der Waals surface area contributed by atoms with Crippen LogP contribution in [0.1, 0.15) is 26.2 Å². The Labute approximate surface area is 138 Å². The minimum absolute atomic E-state index is 0.0278. The van der Waals surface area contributed by atoms with E-state index in [2.05, 4.69) is 10.1 Å². The third-order valence-corrected chi connectivity index (χ3v) is 3.65. The van der Waals surface area contributed by atoms with Crippen LogP contribution >= 0.6 is 0 Å². The fourth-order valence-corrected chi connectivity index (χ4v) is 2.62. The van der Waals surface area contributed by atoms with Gasteiger partial charge in [0.05, 0.1) is 0 Å². The Bertz CT molecular complexity index is 578. The molecular weight excluding hydrogens is 320 g/mol. The highest BCUT2D eigenvalue weighted by atomic mass is 19.3. The number of piperidine rings is 1. The molecule has 1 aromatic carbocycles. The highest BCUT2D eigenvalue weighted by Crippen LogP contribution is 2.24. The Morgan fingerprint density at radius 1 is 1.42 bits per heavy atom. The molecule has 2 amide bonds. The van der Waals surface area contributed by atoms with Gasteiger partial charge < -0.3 is 20.7 Å². The van der Waals surface area contributed by atoms with Crippen LogP contribution in [0.3, 0.4) is 0 Å². The molecule has 0 aliphatic carbocycles. The number of halogens is 2. The maximum Gasteiger partial charge on any atom is 0.387 e. The van der Waals surface area contributed by atoms with Crippen molar-refractivity contribution in [3.05, 3.63) is 24.3 Å². The molecule has 0 saturated carbocycles. The molecule has 1 heterocycles. The number of amides is 2. The van der Waals surface area contributed by atoms with Crippen LogP contribution in [0.4, 0.5) is 14.5 Å². The standard InChI is InChI=1S/C16H21F2N3O3/c1-10(19)9-14(22)20-13-3-2-8-21(15(13)23)11-4-6-12(7-5-11)24-16(17)18/h4-7,10,13,16H,2-3,8-9,19H2,1H3,(H,20,22). The summed E-state index contributed by atoms with van der Waals surface area (Å²) in [5, 5.41) is 2.70. The van der Waals surface area contributed by atoms with Crippen LogP contribution in [0.25, 0.3) is 0 Å². The van der Waals surface area contributed by atoms with Crippen molar-refractivity contribution >= 4 is 17.5 Å². The van der Waals surface area contributed by atoms with Crippen molar-refractivity contribution in [3.63, 3.8) is 0 Å². The number of ether oxygens (including phenoxy) is 1. The summed E-state index contributed by atoms with van der Waals surface area (Å²) in [6.45, 7) is -0.664. The van der Waals surface area contributed by atoms with Crippen LogP contribution in [-0.2, 0) is 9.59 Å². The van der Waals surface area contributed by atoms with E-state index in [4.69, 9.17) is 5.73 Å². The number of hydrogen-bond acceptors (Lipinski definition) is 4. The lowest BCUT2D eigenvalue weighted by Crippen LogP contribution is -2.53. The lowest BCUT2D eigenvalue weighted by molar-refractivity contribution is -0.128. The molecule has 2 unspecified atom stereocenters. The fraction of sp³-hybridized carbons (Fsp3) is 0.500. The van der Waals surface area contributed by atoms with E-state index in [0.717, 1.165) is 6.42 Å². The summed E-state index contributed by atoms with van der Waals surface area (Å²) in [5.74, 6) is -0.451. The molecule has 1 aromatic rings. The number of alkyl halides is 2. The van der Waals surface area contributed by atoms with Crippen LogP contribution in [0, 0.1) is 0 Å². The van der Waals surface area contributed by atoms with Crippen LogP contribution in [0.5, 0.6) is 5.75 Å². The maximum atomic E-state index is 12.5. The number of anilines is 1. The summed E-state index contributed by atoms with van der Waals surface area (Å²) in [4.78, 5) is 25.9. The first-order chi connectivity index (χ1) is 11.4. The lowest BCUT2D eigenvalue weighted by Gasteiger charge is -2.32. The van der Waals surface area contributed by atoms with Gasteiger partial charge in [-0.1, -0.05) is 0 Å². The normalized spacial score (nSPS) is 19.3. The summed E-state index contributed by atoms with van der Waals surface area (Å²) in [5.41, 5.74) is 6.16. The summed E-state index contributed by atoms with van der Waals surface area (Å²) < 4.78 is 28.6. The molecule has 6 nitrogen and oxygen atoms in total. The number of nitrogens with two attached hydrogens (primary N) is 1. The molecular formula is C16H21F2N3O3. The Morgan fingerprint density at radius 3 is 2.67 bits per heavy atom. The van der Waals surface area contributed by atoms with E-state index in [9.17, 15) is 18.4 Å². The zero-order chi connectivity index (χ0) is 17.7. The van der Waals surface area contributed by atoms with Gasteiger partial charge in [-0.3, -0.25) is 9.59 Å². The number of benzene rings is 1. The largest absolute Gasteiger partial charge is 0.435 e. The third kappa shape index (κ3) is 4.89. The quantitative estimate of drug-likeness (QED) is 0.824. The third-order valence-electron chi connectivity index (χ3n) is 3.65. The van der Waals surface area contributed by atoms with E-state index >= 15 is 0 Å². The summed E-state index contributed by atoms with van der Waals surface area (Å²) >= 11 is 0. The second kappa shape index (κ2) is 8.05. The van der Waals surface area contributed by atoms with E-state index in [1.54, 1.807) is 19.1 Å². The van der Waals surface area contributed by atoms with Gasteiger partial charge in [0.2, 0.25) is 11.8 Å². The molecule has 0 bridgehead atoms. The predicted octanol–water partition coefficient (Wildman–Crippen LogP) is 1.64. The SMILES string of the molecule is CC(N)CC(=O)NC1CCCN(c2ccc(OC(F)F)cc2)C1=O. The van der Waals surface area contributed by atoms with Crippen LogP contribution in [-0.4, -0.2) is 37.1 Å². The van der Waals surface area contributed by atoms with Crippen molar-refractivity contribution in [1.29, 1.82) is 0 Å². The zero-order valence-corrected chi connectivity index (χ0v) is 13.4. The molecule has 0 spiro atoms. The Hall–Kier alpha value is -2.22. The second-order valence-electron chi connectivity index (χ2n) is 5.81. The fourth-order valence-electron chi connectivity index (χ4n) is 2.62. The van der Waals surface area contributed by atoms with Gasteiger partial charge in [0.15, 0.2) is 0 Å². The van der Waals surface area contributed by atoms with E-state index in [1.165, 1.54) is 17.0 Å². The molecule has 24 heavy (non-hydrogen) atoms. The number of hydrogen-bond donors (Lipinski definition) is 2. The second-order valence-corrected chi connectivity index (χ2v) is 5.81. The molecule has 0 radical (unpaired) electrons. The molecule has 1 saturated heterocycles. The molecule has 1 fully saturated rings. The molecule has 8 heteroatoms. The first-order valence-electron chi connectivity index (χ1n) is 7.78. The Morgan fingerprint density at radius 2 is 2.08 bits per heavy atom. The molecule has 1 aliphatic heterocycles.